The molecule has 3 nitrogen and oxygen atoms in total. The molecule has 0 radical (unpaired) electrons. The molecule has 1 aliphatic rings. The molecule has 0 saturated heterocycles. The number of rotatable bonds is 11. The lowest BCUT2D eigenvalue weighted by Crippen LogP contribution is -2.10. The molecule has 5 rings (SSSR count). The van der Waals surface area contributed by atoms with Crippen molar-refractivity contribution in [1.82, 2.24) is 4.57 Å². The van der Waals surface area contributed by atoms with Crippen LogP contribution in [0.4, 0.5) is 0 Å². The quantitative estimate of drug-likeness (QED) is 0.169. The molecular formula is C34H36BrNO2. The van der Waals surface area contributed by atoms with Crippen LogP contribution in [0.15, 0.2) is 77.9 Å². The minimum atomic E-state index is 0.155. The maximum absolute atomic E-state index is 13.2. The molecule has 0 N–H and O–H groups in total. The number of halogens is 1. The second kappa shape index (κ2) is 11.8. The monoisotopic (exact) mass is 569 g/mol. The topological polar surface area (TPSA) is 39.1 Å². The molecule has 1 heterocycles. The Labute approximate surface area is 234 Å². The van der Waals surface area contributed by atoms with Crippen LogP contribution in [0.2, 0.25) is 0 Å². The highest BCUT2D eigenvalue weighted by Gasteiger charge is 2.25. The summed E-state index contributed by atoms with van der Waals surface area (Å²) in [6, 6.07) is 19.2. The van der Waals surface area contributed by atoms with E-state index in [9.17, 15) is 9.59 Å². The highest BCUT2D eigenvalue weighted by atomic mass is 79.9. The Morgan fingerprint density at radius 1 is 0.974 bits per heavy atom. The number of hydrogen-bond acceptors (Lipinski definition) is 2. The van der Waals surface area contributed by atoms with E-state index in [0.717, 1.165) is 29.3 Å². The molecule has 1 aromatic heterocycles. The van der Waals surface area contributed by atoms with Gasteiger partial charge in [0.1, 0.15) is 0 Å². The Kier molecular flexibility index (Phi) is 8.28. The van der Waals surface area contributed by atoms with Crippen molar-refractivity contribution in [2.24, 2.45) is 11.8 Å². The third kappa shape index (κ3) is 5.86. The average Bonchev–Trinajstić information content (AvgIpc) is 3.51. The number of benzene rings is 3. The average molecular weight is 571 g/mol. The number of allylic oxidation sites excluding steroid dienone is 1. The fourth-order valence-electron chi connectivity index (χ4n) is 6.42. The van der Waals surface area contributed by atoms with E-state index in [-0.39, 0.29) is 5.78 Å². The summed E-state index contributed by atoms with van der Waals surface area (Å²) in [7, 11) is 0. The minimum Gasteiger partial charge on any atom is -0.339 e. The van der Waals surface area contributed by atoms with Crippen LogP contribution in [0.5, 0.6) is 0 Å². The van der Waals surface area contributed by atoms with Gasteiger partial charge in [-0.1, -0.05) is 84.2 Å². The van der Waals surface area contributed by atoms with Crippen LogP contribution >= 0.6 is 15.9 Å². The number of carbonyl (C=O) groups is 2. The van der Waals surface area contributed by atoms with E-state index in [1.165, 1.54) is 58.2 Å². The van der Waals surface area contributed by atoms with Gasteiger partial charge in [0.2, 0.25) is 0 Å². The van der Waals surface area contributed by atoms with Crippen molar-refractivity contribution in [3.05, 3.63) is 83.5 Å². The van der Waals surface area contributed by atoms with Gasteiger partial charge in [0.05, 0.1) is 12.1 Å². The van der Waals surface area contributed by atoms with Crippen molar-refractivity contribution in [2.45, 2.75) is 64.8 Å². The van der Waals surface area contributed by atoms with Gasteiger partial charge in [-0.25, -0.2) is 0 Å². The van der Waals surface area contributed by atoms with Gasteiger partial charge in [-0.05, 0) is 78.1 Å². The smallest absolute Gasteiger partial charge is 0.155 e. The van der Waals surface area contributed by atoms with E-state index in [1.807, 2.05) is 0 Å². The first-order chi connectivity index (χ1) is 18.4. The van der Waals surface area contributed by atoms with Crippen LogP contribution in [0, 0.1) is 18.8 Å². The molecule has 2 unspecified atom stereocenters. The summed E-state index contributed by atoms with van der Waals surface area (Å²) >= 11 is 3.69. The van der Waals surface area contributed by atoms with Gasteiger partial charge in [0.25, 0.3) is 0 Å². The van der Waals surface area contributed by atoms with E-state index in [2.05, 4.69) is 94.8 Å². The number of ketones is 2. The van der Waals surface area contributed by atoms with Crippen LogP contribution < -0.4 is 0 Å². The van der Waals surface area contributed by atoms with Gasteiger partial charge in [-0.3, -0.25) is 9.59 Å². The third-order valence-electron chi connectivity index (χ3n) is 8.30. The first kappa shape index (κ1) is 26.6. The maximum atomic E-state index is 13.2. The van der Waals surface area contributed by atoms with E-state index < -0.39 is 0 Å². The van der Waals surface area contributed by atoms with E-state index in [0.29, 0.717) is 37.0 Å². The van der Waals surface area contributed by atoms with Crippen molar-refractivity contribution in [3.63, 3.8) is 0 Å². The van der Waals surface area contributed by atoms with Crippen molar-refractivity contribution < 1.29 is 9.59 Å². The predicted molar refractivity (Wildman–Crippen MR) is 161 cm³/mol. The summed E-state index contributed by atoms with van der Waals surface area (Å²) in [5.74, 6) is 1.79. The zero-order valence-electron chi connectivity index (χ0n) is 22.2. The highest BCUT2D eigenvalue weighted by molar-refractivity contribution is 9.10. The summed E-state index contributed by atoms with van der Waals surface area (Å²) < 4.78 is 3.22. The molecule has 4 aromatic rings. The molecular weight excluding hydrogens is 534 g/mol. The first-order valence-corrected chi connectivity index (χ1v) is 14.7. The van der Waals surface area contributed by atoms with Crippen LogP contribution in [0.3, 0.4) is 0 Å². The van der Waals surface area contributed by atoms with E-state index in [1.54, 1.807) is 0 Å². The molecule has 196 valence electrons. The lowest BCUT2D eigenvalue weighted by molar-refractivity contribution is -0.119. The van der Waals surface area contributed by atoms with Crippen LogP contribution in [0.1, 0.15) is 56.9 Å². The lowest BCUT2D eigenvalue weighted by Gasteiger charge is -2.11. The maximum Gasteiger partial charge on any atom is 0.155 e. The SMILES string of the molecule is C=CC(=O)CCC1CCC(CCCC(=O)Cn2cc(-c3cccc4ccccc34)c3cc(Br)cc(C)c32)C1. The molecule has 0 bridgehead atoms. The standard InChI is InChI=1S/C34H36BrNO2/c1-3-28(37)17-16-25-15-14-24(19-25)8-6-11-29(38)21-36-22-33(32-20-27(35)18-23(2)34(32)36)31-13-7-10-26-9-4-5-12-30(26)31/h3-5,7,9-10,12-13,18,20,22,24-25H,1,6,8,11,14-17,19,21H2,2H3. The van der Waals surface area contributed by atoms with Gasteiger partial charge >= 0.3 is 0 Å². The largest absolute Gasteiger partial charge is 0.339 e. The van der Waals surface area contributed by atoms with Crippen molar-refractivity contribution >= 4 is 49.2 Å². The lowest BCUT2D eigenvalue weighted by atomic mass is 9.95. The van der Waals surface area contributed by atoms with Crippen LogP contribution in [-0.4, -0.2) is 16.1 Å². The highest BCUT2D eigenvalue weighted by Crippen LogP contribution is 2.39. The van der Waals surface area contributed by atoms with Gasteiger partial charge in [0.15, 0.2) is 11.6 Å². The van der Waals surface area contributed by atoms with Gasteiger partial charge < -0.3 is 4.57 Å². The Morgan fingerprint density at radius 3 is 2.55 bits per heavy atom. The van der Waals surface area contributed by atoms with Crippen molar-refractivity contribution in [2.75, 3.05) is 0 Å². The molecule has 0 aliphatic heterocycles. The number of fused-ring (bicyclic) bond motifs is 2. The fourth-order valence-corrected chi connectivity index (χ4v) is 6.99. The molecule has 1 saturated carbocycles. The molecule has 38 heavy (non-hydrogen) atoms. The second-order valence-electron chi connectivity index (χ2n) is 11.0. The molecule has 1 aliphatic carbocycles. The summed E-state index contributed by atoms with van der Waals surface area (Å²) in [5.41, 5.74) is 4.67. The molecule has 2 atom stereocenters. The molecule has 0 spiro atoms. The fraction of sp³-hybridized carbons (Fsp3) is 0.353. The number of Topliss-reactive ketones (excluding diaryl/α,β-unsaturated/α-hetero) is 1. The van der Waals surface area contributed by atoms with Gasteiger partial charge in [-0.15, -0.1) is 0 Å². The van der Waals surface area contributed by atoms with Gasteiger partial charge in [0, 0.05) is 34.5 Å². The van der Waals surface area contributed by atoms with Crippen molar-refractivity contribution in [3.8, 4) is 11.1 Å². The summed E-state index contributed by atoms with van der Waals surface area (Å²) in [5, 5.41) is 3.62. The van der Waals surface area contributed by atoms with Gasteiger partial charge in [-0.2, -0.15) is 0 Å². The first-order valence-electron chi connectivity index (χ1n) is 13.9. The third-order valence-corrected chi connectivity index (χ3v) is 8.76. The number of carbonyl (C=O) groups excluding carboxylic acids is 2. The zero-order chi connectivity index (χ0) is 26.6. The summed E-state index contributed by atoms with van der Waals surface area (Å²) in [4.78, 5) is 24.7. The predicted octanol–water partition coefficient (Wildman–Crippen LogP) is 9.22. The van der Waals surface area contributed by atoms with Crippen molar-refractivity contribution in [1.29, 1.82) is 0 Å². The Balaban J connectivity index is 1.28. The number of aryl methyl sites for hydroxylation is 1. The molecule has 3 aromatic carbocycles. The zero-order valence-corrected chi connectivity index (χ0v) is 23.8. The number of aromatic nitrogens is 1. The summed E-state index contributed by atoms with van der Waals surface area (Å²) in [6.45, 7) is 6.10. The van der Waals surface area contributed by atoms with Crippen LogP contribution in [-0.2, 0) is 16.1 Å². The van der Waals surface area contributed by atoms with E-state index in [4.69, 9.17) is 0 Å². The Hall–Kier alpha value is -2.98. The normalized spacial score (nSPS) is 17.3. The Bertz CT molecular complexity index is 1490. The number of nitrogens with zero attached hydrogens (tertiary/aromatic N) is 1. The molecule has 4 heteroatoms. The second-order valence-corrected chi connectivity index (χ2v) is 11.9. The minimum absolute atomic E-state index is 0.155. The van der Waals surface area contributed by atoms with E-state index >= 15 is 0 Å². The van der Waals surface area contributed by atoms with Crippen LogP contribution in [0.25, 0.3) is 32.8 Å². The summed E-state index contributed by atoms with van der Waals surface area (Å²) in [6.07, 6.45) is 11.5. The molecule has 0 amide bonds. The Morgan fingerprint density at radius 2 is 1.74 bits per heavy atom. The molecule has 1 fully saturated rings. The number of hydrogen-bond donors (Lipinski definition) is 0.